The number of ether oxygens (including phenoxy) is 1. The number of likely N-dealkylation sites (tertiary alicyclic amines) is 1. The van der Waals surface area contributed by atoms with Gasteiger partial charge in [0.15, 0.2) is 5.96 Å². The van der Waals surface area contributed by atoms with Gasteiger partial charge in [0.2, 0.25) is 5.91 Å². The van der Waals surface area contributed by atoms with Crippen molar-refractivity contribution in [3.8, 4) is 0 Å². The Morgan fingerprint density at radius 3 is 2.52 bits per heavy atom. The number of nitrogens with zero attached hydrogens (tertiary/aromatic N) is 2. The maximum absolute atomic E-state index is 11.9. The Labute approximate surface area is 126 Å². The molecular formula is C14H26N4O3. The third-order valence-electron chi connectivity index (χ3n) is 3.35. The van der Waals surface area contributed by atoms with Gasteiger partial charge in [-0.05, 0) is 19.8 Å². The Morgan fingerprint density at radius 1 is 1.29 bits per heavy atom. The highest BCUT2D eigenvalue weighted by atomic mass is 16.5. The normalized spacial score (nSPS) is 16.5. The van der Waals surface area contributed by atoms with E-state index >= 15 is 0 Å². The highest BCUT2D eigenvalue weighted by Crippen LogP contribution is 2.07. The maximum atomic E-state index is 11.9. The van der Waals surface area contributed by atoms with Crippen LogP contribution in [0.4, 0.5) is 0 Å². The smallest absolute Gasteiger partial charge is 0.310 e. The molecule has 0 aromatic heterocycles. The second-order valence-corrected chi connectivity index (χ2v) is 5.09. The van der Waals surface area contributed by atoms with Gasteiger partial charge in [-0.1, -0.05) is 6.92 Å². The first-order chi connectivity index (χ1) is 10.1. The van der Waals surface area contributed by atoms with Crippen LogP contribution in [-0.2, 0) is 14.3 Å². The lowest BCUT2D eigenvalue weighted by Gasteiger charge is -2.16. The fourth-order valence-electron chi connectivity index (χ4n) is 2.09. The number of rotatable bonds is 6. The van der Waals surface area contributed by atoms with Crippen LogP contribution in [-0.4, -0.2) is 62.6 Å². The van der Waals surface area contributed by atoms with Gasteiger partial charge in [0, 0.05) is 26.2 Å². The molecule has 0 saturated carbocycles. The van der Waals surface area contributed by atoms with Crippen molar-refractivity contribution in [3.05, 3.63) is 0 Å². The number of hydrogen-bond donors (Lipinski definition) is 2. The number of guanidine groups is 1. The van der Waals surface area contributed by atoms with Gasteiger partial charge < -0.3 is 20.3 Å². The predicted molar refractivity (Wildman–Crippen MR) is 81.0 cm³/mol. The minimum Gasteiger partial charge on any atom is -0.469 e. The summed E-state index contributed by atoms with van der Waals surface area (Å²) in [6.07, 6.45) is 2.15. The van der Waals surface area contributed by atoms with E-state index in [1.807, 2.05) is 11.8 Å². The molecule has 7 nitrogen and oxygen atoms in total. The molecule has 0 spiro atoms. The molecule has 0 aromatic carbocycles. The van der Waals surface area contributed by atoms with Crippen LogP contribution >= 0.6 is 0 Å². The first kappa shape index (κ1) is 17.3. The fourth-order valence-corrected chi connectivity index (χ4v) is 2.09. The molecule has 1 rings (SSSR count). The molecule has 0 aliphatic carbocycles. The van der Waals surface area contributed by atoms with Gasteiger partial charge in [0.1, 0.15) is 6.54 Å². The van der Waals surface area contributed by atoms with Crippen molar-refractivity contribution in [3.63, 3.8) is 0 Å². The van der Waals surface area contributed by atoms with Crippen molar-refractivity contribution < 1.29 is 14.3 Å². The van der Waals surface area contributed by atoms with Crippen molar-refractivity contribution >= 4 is 17.8 Å². The van der Waals surface area contributed by atoms with Gasteiger partial charge in [0.05, 0.1) is 13.0 Å². The van der Waals surface area contributed by atoms with Gasteiger partial charge in [0.25, 0.3) is 0 Å². The largest absolute Gasteiger partial charge is 0.469 e. The van der Waals surface area contributed by atoms with Crippen LogP contribution in [0.3, 0.4) is 0 Å². The quantitative estimate of drug-likeness (QED) is 0.409. The molecule has 1 saturated heterocycles. The number of esters is 1. The maximum Gasteiger partial charge on any atom is 0.310 e. The van der Waals surface area contributed by atoms with Crippen LogP contribution in [0.2, 0.25) is 0 Å². The minimum absolute atomic E-state index is 0.0470. The lowest BCUT2D eigenvalue weighted by atomic mass is 10.2. The van der Waals surface area contributed by atoms with Crippen LogP contribution in [0.15, 0.2) is 4.99 Å². The zero-order chi connectivity index (χ0) is 15.7. The van der Waals surface area contributed by atoms with Crippen molar-refractivity contribution in [1.82, 2.24) is 15.5 Å². The summed E-state index contributed by atoms with van der Waals surface area (Å²) in [4.78, 5) is 29.4. The lowest BCUT2D eigenvalue weighted by molar-refractivity contribution is -0.144. The molecular weight excluding hydrogens is 272 g/mol. The zero-order valence-corrected chi connectivity index (χ0v) is 13.1. The van der Waals surface area contributed by atoms with Crippen LogP contribution in [0.1, 0.15) is 26.7 Å². The van der Waals surface area contributed by atoms with Crippen molar-refractivity contribution in [2.45, 2.75) is 26.7 Å². The summed E-state index contributed by atoms with van der Waals surface area (Å²) in [5.74, 6) is 0.0474. The van der Waals surface area contributed by atoms with E-state index < -0.39 is 0 Å². The summed E-state index contributed by atoms with van der Waals surface area (Å²) in [5.41, 5.74) is 0. The third-order valence-corrected chi connectivity index (χ3v) is 3.35. The first-order valence-corrected chi connectivity index (χ1v) is 7.46. The Bertz CT molecular complexity index is 378. The summed E-state index contributed by atoms with van der Waals surface area (Å²) in [6, 6.07) is 0. The SMILES string of the molecule is CCNC(=NCC(=O)N1CCCC1)NCC(C)C(=O)OC. The molecule has 120 valence electrons. The molecule has 7 heteroatoms. The summed E-state index contributed by atoms with van der Waals surface area (Å²) >= 11 is 0. The van der Waals surface area contributed by atoms with E-state index in [4.69, 9.17) is 0 Å². The second-order valence-electron chi connectivity index (χ2n) is 5.09. The van der Waals surface area contributed by atoms with E-state index in [0.717, 1.165) is 25.9 Å². The molecule has 0 radical (unpaired) electrons. The van der Waals surface area contributed by atoms with E-state index in [2.05, 4.69) is 20.4 Å². The van der Waals surface area contributed by atoms with Crippen molar-refractivity contribution in [2.75, 3.05) is 39.8 Å². The number of carbonyl (C=O) groups is 2. The molecule has 1 aliphatic rings. The number of nitrogens with one attached hydrogen (secondary N) is 2. The molecule has 1 heterocycles. The lowest BCUT2D eigenvalue weighted by Crippen LogP contribution is -2.41. The van der Waals surface area contributed by atoms with Crippen molar-refractivity contribution in [2.24, 2.45) is 10.9 Å². The number of amides is 1. The molecule has 21 heavy (non-hydrogen) atoms. The van der Waals surface area contributed by atoms with Gasteiger partial charge in [-0.3, -0.25) is 9.59 Å². The Hall–Kier alpha value is -1.79. The first-order valence-electron chi connectivity index (χ1n) is 7.46. The highest BCUT2D eigenvalue weighted by Gasteiger charge is 2.17. The molecule has 0 aromatic rings. The van der Waals surface area contributed by atoms with Gasteiger partial charge in [-0.2, -0.15) is 0 Å². The summed E-state index contributed by atoms with van der Waals surface area (Å²) in [6.45, 7) is 6.62. The zero-order valence-electron chi connectivity index (χ0n) is 13.1. The van der Waals surface area contributed by atoms with E-state index in [1.54, 1.807) is 6.92 Å². The van der Waals surface area contributed by atoms with E-state index in [1.165, 1.54) is 7.11 Å². The summed E-state index contributed by atoms with van der Waals surface area (Å²) in [7, 11) is 1.37. The number of methoxy groups -OCH3 is 1. The molecule has 1 unspecified atom stereocenters. The van der Waals surface area contributed by atoms with Crippen LogP contribution < -0.4 is 10.6 Å². The average molecular weight is 298 g/mol. The Morgan fingerprint density at radius 2 is 1.95 bits per heavy atom. The van der Waals surface area contributed by atoms with Gasteiger partial charge >= 0.3 is 5.97 Å². The summed E-state index contributed by atoms with van der Waals surface area (Å²) in [5, 5.41) is 6.11. The van der Waals surface area contributed by atoms with Gasteiger partial charge in [-0.15, -0.1) is 0 Å². The number of aliphatic imine (C=N–C) groups is 1. The fraction of sp³-hybridized carbons (Fsp3) is 0.786. The molecule has 1 atom stereocenters. The molecule has 1 aliphatic heterocycles. The van der Waals surface area contributed by atoms with E-state index in [-0.39, 0.29) is 24.3 Å². The standard InChI is InChI=1S/C14H26N4O3/c1-4-15-14(16-9-11(2)13(20)21-3)17-10-12(19)18-7-5-6-8-18/h11H,4-10H2,1-3H3,(H2,15,16,17). The Balaban J connectivity index is 2.45. The summed E-state index contributed by atoms with van der Waals surface area (Å²) < 4.78 is 4.67. The monoisotopic (exact) mass is 298 g/mol. The molecule has 1 fully saturated rings. The molecule has 1 amide bonds. The molecule has 2 N–H and O–H groups in total. The second kappa shape index (κ2) is 9.20. The van der Waals surface area contributed by atoms with Gasteiger partial charge in [-0.25, -0.2) is 4.99 Å². The predicted octanol–water partition coefficient (Wildman–Crippen LogP) is -0.0270. The minimum atomic E-state index is -0.272. The van der Waals surface area contributed by atoms with E-state index in [9.17, 15) is 9.59 Å². The number of hydrogen-bond acceptors (Lipinski definition) is 4. The Kier molecular flexibility index (Phi) is 7.56. The molecule has 0 bridgehead atoms. The average Bonchev–Trinajstić information content (AvgIpc) is 3.02. The topological polar surface area (TPSA) is 83.0 Å². The third kappa shape index (κ3) is 6.01. The van der Waals surface area contributed by atoms with Crippen LogP contribution in [0.5, 0.6) is 0 Å². The van der Waals surface area contributed by atoms with Crippen LogP contribution in [0, 0.1) is 5.92 Å². The van der Waals surface area contributed by atoms with Crippen LogP contribution in [0.25, 0.3) is 0 Å². The number of carbonyl (C=O) groups excluding carboxylic acids is 2. The highest BCUT2D eigenvalue weighted by molar-refractivity contribution is 5.85. The van der Waals surface area contributed by atoms with Crippen molar-refractivity contribution in [1.29, 1.82) is 0 Å². The van der Waals surface area contributed by atoms with E-state index in [0.29, 0.717) is 19.0 Å².